The van der Waals surface area contributed by atoms with Gasteiger partial charge < -0.3 is 10.6 Å². The summed E-state index contributed by atoms with van der Waals surface area (Å²) in [5.74, 6) is 0. The average molecular weight is 349 g/mol. The van der Waals surface area contributed by atoms with Gasteiger partial charge in [-0.3, -0.25) is 0 Å². The Balaban J connectivity index is 2.16. The van der Waals surface area contributed by atoms with Crippen LogP contribution in [-0.2, 0) is 10.0 Å². The van der Waals surface area contributed by atoms with Crippen LogP contribution in [0.15, 0.2) is 27.6 Å². The molecule has 2 rings (SSSR count). The minimum Gasteiger partial charge on any atom is -0.399 e. The molecule has 19 heavy (non-hydrogen) atoms. The van der Waals surface area contributed by atoms with Gasteiger partial charge in [0.15, 0.2) is 0 Å². The number of hydrogen-bond acceptors (Lipinski definition) is 5. The standard InChI is InChI=1S/C11H17BrN4O2S/c1-15-4-6-16(7-5-15)14-19(17,18)11-8-9(13)2-3-10(11)12/h2-3,8,14H,4-7,13H2,1H3. The summed E-state index contributed by atoms with van der Waals surface area (Å²) in [6, 6.07) is 4.73. The highest BCUT2D eigenvalue weighted by Crippen LogP contribution is 2.24. The van der Waals surface area contributed by atoms with Crippen molar-refractivity contribution in [3.05, 3.63) is 22.7 Å². The first kappa shape index (κ1) is 14.7. The molecule has 0 amide bonds. The molecule has 1 aliphatic rings. The maximum absolute atomic E-state index is 12.3. The Bertz CT molecular complexity index is 556. The molecule has 0 radical (unpaired) electrons. The molecular formula is C11H17BrN4O2S. The van der Waals surface area contributed by atoms with E-state index in [1.807, 2.05) is 7.05 Å². The monoisotopic (exact) mass is 348 g/mol. The minimum absolute atomic E-state index is 0.159. The summed E-state index contributed by atoms with van der Waals surface area (Å²) in [5, 5.41) is 1.71. The second-order valence-electron chi connectivity index (χ2n) is 4.57. The van der Waals surface area contributed by atoms with Gasteiger partial charge >= 0.3 is 0 Å². The smallest absolute Gasteiger partial charge is 0.254 e. The van der Waals surface area contributed by atoms with Crippen molar-refractivity contribution in [2.75, 3.05) is 39.0 Å². The van der Waals surface area contributed by atoms with E-state index in [1.54, 1.807) is 17.1 Å². The molecule has 0 aromatic heterocycles. The van der Waals surface area contributed by atoms with Gasteiger partial charge in [-0.2, -0.15) is 0 Å². The lowest BCUT2D eigenvalue weighted by molar-refractivity contribution is 0.135. The Morgan fingerprint density at radius 1 is 1.26 bits per heavy atom. The first-order chi connectivity index (χ1) is 8.88. The third kappa shape index (κ3) is 3.67. The Labute approximate surface area is 121 Å². The van der Waals surface area contributed by atoms with Crippen LogP contribution in [0.3, 0.4) is 0 Å². The lowest BCUT2D eigenvalue weighted by Gasteiger charge is -2.32. The van der Waals surface area contributed by atoms with Crippen molar-refractivity contribution in [1.29, 1.82) is 0 Å². The molecule has 8 heteroatoms. The first-order valence-electron chi connectivity index (χ1n) is 5.89. The van der Waals surface area contributed by atoms with Gasteiger partial charge in [-0.15, -0.1) is 4.83 Å². The van der Waals surface area contributed by atoms with Crippen LogP contribution in [0.5, 0.6) is 0 Å². The summed E-state index contributed by atoms with van der Waals surface area (Å²) >= 11 is 3.24. The molecule has 0 saturated carbocycles. The van der Waals surface area contributed by atoms with Crippen LogP contribution < -0.4 is 10.6 Å². The predicted molar refractivity (Wildman–Crippen MR) is 77.9 cm³/mol. The average Bonchev–Trinajstić information content (AvgIpc) is 2.35. The zero-order chi connectivity index (χ0) is 14.0. The quantitative estimate of drug-likeness (QED) is 0.776. The van der Waals surface area contributed by atoms with Gasteiger partial charge in [-0.25, -0.2) is 13.4 Å². The Kier molecular flexibility index (Phi) is 4.46. The van der Waals surface area contributed by atoms with Crippen LogP contribution in [-0.4, -0.2) is 51.6 Å². The van der Waals surface area contributed by atoms with Crippen LogP contribution in [0, 0.1) is 0 Å². The van der Waals surface area contributed by atoms with E-state index in [1.165, 1.54) is 6.07 Å². The van der Waals surface area contributed by atoms with Crippen LogP contribution in [0.2, 0.25) is 0 Å². The highest BCUT2D eigenvalue weighted by Gasteiger charge is 2.23. The maximum atomic E-state index is 12.3. The molecule has 1 heterocycles. The number of nitrogens with two attached hydrogens (primary N) is 1. The molecule has 1 fully saturated rings. The predicted octanol–water partition coefficient (Wildman–Crippen LogP) is 0.472. The maximum Gasteiger partial charge on any atom is 0.254 e. The lowest BCUT2D eigenvalue weighted by Crippen LogP contribution is -2.52. The molecule has 0 atom stereocenters. The fraction of sp³-hybridized carbons (Fsp3) is 0.455. The van der Waals surface area contributed by atoms with Gasteiger partial charge in [0.2, 0.25) is 0 Å². The van der Waals surface area contributed by atoms with E-state index >= 15 is 0 Å². The van der Waals surface area contributed by atoms with Gasteiger partial charge in [0.25, 0.3) is 10.0 Å². The van der Waals surface area contributed by atoms with E-state index in [0.717, 1.165) is 13.1 Å². The molecule has 1 aromatic rings. The number of anilines is 1. The molecule has 0 spiro atoms. The SMILES string of the molecule is CN1CCN(NS(=O)(=O)c2cc(N)ccc2Br)CC1. The molecule has 0 unspecified atom stereocenters. The normalized spacial score (nSPS) is 18.6. The molecule has 0 bridgehead atoms. The number of benzene rings is 1. The second-order valence-corrected chi connectivity index (χ2v) is 7.06. The van der Waals surface area contributed by atoms with Crippen LogP contribution in [0.1, 0.15) is 0 Å². The van der Waals surface area contributed by atoms with E-state index in [0.29, 0.717) is 23.2 Å². The number of sulfonamides is 1. The number of nitrogen functional groups attached to an aromatic ring is 1. The van der Waals surface area contributed by atoms with Gasteiger partial charge in [-0.05, 0) is 41.2 Å². The summed E-state index contributed by atoms with van der Waals surface area (Å²) in [7, 11) is -1.59. The fourth-order valence-electron chi connectivity index (χ4n) is 1.84. The van der Waals surface area contributed by atoms with Gasteiger partial charge in [0.1, 0.15) is 0 Å². The molecule has 106 valence electrons. The van der Waals surface area contributed by atoms with Gasteiger partial charge in [0.05, 0.1) is 4.90 Å². The van der Waals surface area contributed by atoms with Crippen molar-refractivity contribution < 1.29 is 8.42 Å². The number of nitrogens with zero attached hydrogens (tertiary/aromatic N) is 2. The van der Waals surface area contributed by atoms with Crippen LogP contribution in [0.4, 0.5) is 5.69 Å². The fourth-order valence-corrected chi connectivity index (χ4v) is 3.97. The molecule has 3 N–H and O–H groups in total. The molecule has 0 aliphatic carbocycles. The zero-order valence-corrected chi connectivity index (χ0v) is 13.0. The summed E-state index contributed by atoms with van der Waals surface area (Å²) in [6.07, 6.45) is 0. The number of halogens is 1. The van der Waals surface area contributed by atoms with Crippen molar-refractivity contribution in [1.82, 2.24) is 14.7 Å². The highest BCUT2D eigenvalue weighted by atomic mass is 79.9. The molecule has 1 aromatic carbocycles. The zero-order valence-electron chi connectivity index (χ0n) is 10.6. The third-order valence-electron chi connectivity index (χ3n) is 3.00. The number of rotatable bonds is 3. The number of piperazine rings is 1. The Morgan fingerprint density at radius 3 is 2.53 bits per heavy atom. The van der Waals surface area contributed by atoms with Gasteiger partial charge in [-0.1, -0.05) is 0 Å². The van der Waals surface area contributed by atoms with Crippen molar-refractivity contribution in [2.24, 2.45) is 0 Å². The van der Waals surface area contributed by atoms with Crippen LogP contribution in [0.25, 0.3) is 0 Å². The Hall–Kier alpha value is -0.670. The van der Waals surface area contributed by atoms with E-state index in [4.69, 9.17) is 5.73 Å². The van der Waals surface area contributed by atoms with Crippen molar-refractivity contribution in [3.8, 4) is 0 Å². The molecule has 1 saturated heterocycles. The third-order valence-corrected chi connectivity index (χ3v) is 5.37. The minimum atomic E-state index is -3.60. The van der Waals surface area contributed by atoms with Gasteiger partial charge in [0, 0.05) is 36.3 Å². The highest BCUT2D eigenvalue weighted by molar-refractivity contribution is 9.10. The molecular weight excluding hydrogens is 332 g/mol. The largest absolute Gasteiger partial charge is 0.399 e. The van der Waals surface area contributed by atoms with Crippen molar-refractivity contribution >= 4 is 31.6 Å². The number of hydrogen-bond donors (Lipinski definition) is 2. The van der Waals surface area contributed by atoms with E-state index in [2.05, 4.69) is 25.7 Å². The summed E-state index contributed by atoms with van der Waals surface area (Å²) in [5.41, 5.74) is 6.06. The topological polar surface area (TPSA) is 78.7 Å². The van der Waals surface area contributed by atoms with E-state index in [9.17, 15) is 8.42 Å². The molecule has 6 nitrogen and oxygen atoms in total. The Morgan fingerprint density at radius 2 is 1.89 bits per heavy atom. The van der Waals surface area contributed by atoms with E-state index in [-0.39, 0.29) is 4.90 Å². The van der Waals surface area contributed by atoms with Crippen molar-refractivity contribution in [2.45, 2.75) is 4.90 Å². The summed E-state index contributed by atoms with van der Waals surface area (Å²) < 4.78 is 25.1. The summed E-state index contributed by atoms with van der Waals surface area (Å²) in [6.45, 7) is 2.99. The van der Waals surface area contributed by atoms with Crippen molar-refractivity contribution in [3.63, 3.8) is 0 Å². The van der Waals surface area contributed by atoms with E-state index < -0.39 is 10.0 Å². The summed E-state index contributed by atoms with van der Waals surface area (Å²) in [4.78, 5) is 4.91. The number of likely N-dealkylation sites (N-methyl/N-ethyl adjacent to an activating group) is 1. The number of hydrazine groups is 1. The second kappa shape index (κ2) is 5.76. The van der Waals surface area contributed by atoms with Crippen LogP contribution >= 0.6 is 15.9 Å². The molecule has 1 aliphatic heterocycles. The number of nitrogens with one attached hydrogen (secondary N) is 1. The first-order valence-corrected chi connectivity index (χ1v) is 8.17. The lowest BCUT2D eigenvalue weighted by atomic mass is 10.3.